The number of amides is 1. The molecule has 1 heterocycles. The van der Waals surface area contributed by atoms with Gasteiger partial charge in [0.05, 0.1) is 6.04 Å². The first-order valence-electron chi connectivity index (χ1n) is 7.69. The first-order valence-corrected chi connectivity index (χ1v) is 7.69. The second-order valence-electron chi connectivity index (χ2n) is 6.89. The van der Waals surface area contributed by atoms with Crippen molar-refractivity contribution in [2.45, 2.75) is 26.3 Å². The van der Waals surface area contributed by atoms with Crippen molar-refractivity contribution in [3.63, 3.8) is 0 Å². The molecular formula is C19H19NO2. The number of ether oxygens (including phenoxy) is 1. The van der Waals surface area contributed by atoms with Gasteiger partial charge in [0.15, 0.2) is 0 Å². The van der Waals surface area contributed by atoms with Crippen LogP contribution in [0.4, 0.5) is 4.79 Å². The molecule has 1 atom stereocenters. The van der Waals surface area contributed by atoms with Gasteiger partial charge in [-0.2, -0.15) is 0 Å². The van der Waals surface area contributed by atoms with E-state index in [1.165, 1.54) is 22.3 Å². The third-order valence-corrected chi connectivity index (χ3v) is 4.77. The van der Waals surface area contributed by atoms with Gasteiger partial charge in [0.2, 0.25) is 0 Å². The molecule has 3 heteroatoms. The van der Waals surface area contributed by atoms with Crippen molar-refractivity contribution in [1.82, 2.24) is 5.32 Å². The van der Waals surface area contributed by atoms with Crippen LogP contribution >= 0.6 is 0 Å². The third-order valence-electron chi connectivity index (χ3n) is 4.77. The Labute approximate surface area is 130 Å². The lowest BCUT2D eigenvalue weighted by Gasteiger charge is -2.38. The molecule has 0 aromatic heterocycles. The number of hydrogen-bond acceptors (Lipinski definition) is 2. The Kier molecular flexibility index (Phi) is 2.80. The van der Waals surface area contributed by atoms with E-state index in [4.69, 9.17) is 4.74 Å². The second-order valence-corrected chi connectivity index (χ2v) is 6.89. The Morgan fingerprint density at radius 2 is 1.86 bits per heavy atom. The summed E-state index contributed by atoms with van der Waals surface area (Å²) >= 11 is 0. The molecule has 1 fully saturated rings. The van der Waals surface area contributed by atoms with Crippen molar-refractivity contribution >= 4 is 6.09 Å². The van der Waals surface area contributed by atoms with Gasteiger partial charge in [0.25, 0.3) is 0 Å². The Morgan fingerprint density at radius 1 is 1.09 bits per heavy atom. The minimum absolute atomic E-state index is 0.0113. The predicted octanol–water partition coefficient (Wildman–Crippen LogP) is 4.06. The largest absolute Gasteiger partial charge is 0.449 e. The monoisotopic (exact) mass is 293 g/mol. The number of rotatable bonds is 1. The van der Waals surface area contributed by atoms with Crippen LogP contribution in [-0.4, -0.2) is 12.7 Å². The van der Waals surface area contributed by atoms with Crippen molar-refractivity contribution in [2.75, 3.05) is 6.61 Å². The molecule has 3 nitrogen and oxygen atoms in total. The van der Waals surface area contributed by atoms with Gasteiger partial charge in [-0.05, 0) is 34.2 Å². The van der Waals surface area contributed by atoms with Crippen molar-refractivity contribution in [3.05, 3.63) is 59.2 Å². The fraction of sp³-hybridized carbons (Fsp3) is 0.316. The topological polar surface area (TPSA) is 38.3 Å². The van der Waals surface area contributed by atoms with Crippen LogP contribution in [0.3, 0.4) is 0 Å². The highest BCUT2D eigenvalue weighted by Gasteiger charge is 2.38. The van der Waals surface area contributed by atoms with Gasteiger partial charge in [-0.3, -0.25) is 0 Å². The number of benzene rings is 2. The molecule has 0 saturated carbocycles. The van der Waals surface area contributed by atoms with Gasteiger partial charge in [-0.1, -0.05) is 56.3 Å². The summed E-state index contributed by atoms with van der Waals surface area (Å²) in [6.07, 6.45) is 0.643. The van der Waals surface area contributed by atoms with Crippen molar-refractivity contribution in [1.29, 1.82) is 0 Å². The number of fused-ring (bicyclic) bond motifs is 3. The maximum Gasteiger partial charge on any atom is 0.407 e. The number of alkyl carbamates (subject to hydrolysis) is 1. The van der Waals surface area contributed by atoms with Crippen LogP contribution in [0.1, 0.15) is 36.6 Å². The summed E-state index contributed by atoms with van der Waals surface area (Å²) in [7, 11) is 0. The number of carbonyl (C=O) groups excluding carboxylic acids is 1. The van der Waals surface area contributed by atoms with E-state index in [1.54, 1.807) is 0 Å². The molecule has 0 unspecified atom stereocenters. The average Bonchev–Trinajstić information content (AvgIpc) is 2.87. The molecule has 0 spiro atoms. The Morgan fingerprint density at radius 3 is 2.73 bits per heavy atom. The van der Waals surface area contributed by atoms with Crippen LogP contribution < -0.4 is 5.32 Å². The molecule has 1 N–H and O–H groups in total. The molecule has 1 aliphatic carbocycles. The zero-order chi connectivity index (χ0) is 15.3. The van der Waals surface area contributed by atoms with Crippen LogP contribution in [0.2, 0.25) is 0 Å². The van der Waals surface area contributed by atoms with Gasteiger partial charge < -0.3 is 10.1 Å². The van der Waals surface area contributed by atoms with Crippen LogP contribution in [0.5, 0.6) is 0 Å². The van der Waals surface area contributed by atoms with E-state index in [-0.39, 0.29) is 17.6 Å². The fourth-order valence-corrected chi connectivity index (χ4v) is 3.57. The van der Waals surface area contributed by atoms with Gasteiger partial charge >= 0.3 is 6.09 Å². The molecule has 1 amide bonds. The smallest absolute Gasteiger partial charge is 0.407 e. The highest BCUT2D eigenvalue weighted by atomic mass is 16.6. The van der Waals surface area contributed by atoms with Crippen molar-refractivity contribution < 1.29 is 9.53 Å². The third kappa shape index (κ3) is 2.00. The molecule has 2 aromatic carbocycles. The summed E-state index contributed by atoms with van der Waals surface area (Å²) in [6, 6.07) is 15.1. The van der Waals surface area contributed by atoms with E-state index in [9.17, 15) is 4.79 Å². The van der Waals surface area contributed by atoms with Crippen LogP contribution in [-0.2, 0) is 11.2 Å². The van der Waals surface area contributed by atoms with Crippen LogP contribution in [0.15, 0.2) is 42.5 Å². The highest BCUT2D eigenvalue weighted by Crippen LogP contribution is 2.41. The molecule has 0 radical (unpaired) electrons. The summed E-state index contributed by atoms with van der Waals surface area (Å²) in [6.45, 7) is 4.69. The van der Waals surface area contributed by atoms with Gasteiger partial charge in [-0.15, -0.1) is 0 Å². The maximum atomic E-state index is 11.6. The lowest BCUT2D eigenvalue weighted by Crippen LogP contribution is -2.46. The number of carbonyl (C=O) groups is 1. The molecule has 22 heavy (non-hydrogen) atoms. The van der Waals surface area contributed by atoms with E-state index in [1.807, 2.05) is 0 Å². The first kappa shape index (κ1) is 13.4. The van der Waals surface area contributed by atoms with E-state index < -0.39 is 0 Å². The molecule has 2 aliphatic rings. The zero-order valence-corrected chi connectivity index (χ0v) is 12.8. The lowest BCUT2D eigenvalue weighted by molar-refractivity contribution is 0.0387. The normalized spacial score (nSPS) is 21.5. The van der Waals surface area contributed by atoms with E-state index in [0.717, 1.165) is 12.0 Å². The van der Waals surface area contributed by atoms with Crippen molar-refractivity contribution in [3.8, 4) is 11.1 Å². The summed E-state index contributed by atoms with van der Waals surface area (Å²) in [4.78, 5) is 11.6. The molecule has 4 rings (SSSR count). The Balaban J connectivity index is 1.74. The SMILES string of the molecule is CC1(C)COC(=O)N[C@@H]1c1ccc2c(c1)Cc1ccccc1-2. The number of hydrogen-bond donors (Lipinski definition) is 1. The Bertz CT molecular complexity index is 764. The number of cyclic esters (lactones) is 1. The lowest BCUT2D eigenvalue weighted by atomic mass is 9.79. The minimum Gasteiger partial charge on any atom is -0.449 e. The predicted molar refractivity (Wildman–Crippen MR) is 85.7 cm³/mol. The first-order chi connectivity index (χ1) is 10.5. The second kappa shape index (κ2) is 4.60. The van der Waals surface area contributed by atoms with Crippen LogP contribution in [0.25, 0.3) is 11.1 Å². The molecule has 2 aromatic rings. The molecule has 1 aliphatic heterocycles. The van der Waals surface area contributed by atoms with Crippen molar-refractivity contribution in [2.24, 2.45) is 5.41 Å². The van der Waals surface area contributed by atoms with Gasteiger partial charge in [-0.25, -0.2) is 4.79 Å². The number of nitrogens with one attached hydrogen (secondary N) is 1. The zero-order valence-electron chi connectivity index (χ0n) is 12.8. The quantitative estimate of drug-likeness (QED) is 0.734. The standard InChI is InChI=1S/C19H19NO2/c1-19(2)11-22-18(21)20-17(19)13-7-8-16-14(10-13)9-12-5-3-4-6-15(12)16/h3-8,10,17H,9,11H2,1-2H3,(H,20,21)/t17-/m1/s1. The average molecular weight is 293 g/mol. The molecule has 1 saturated heterocycles. The van der Waals surface area contributed by atoms with Gasteiger partial charge in [0.1, 0.15) is 6.61 Å². The highest BCUT2D eigenvalue weighted by molar-refractivity contribution is 5.77. The summed E-state index contributed by atoms with van der Waals surface area (Å²) in [5.74, 6) is 0. The minimum atomic E-state index is -0.326. The summed E-state index contributed by atoms with van der Waals surface area (Å²) in [5.41, 5.74) is 6.41. The maximum absolute atomic E-state index is 11.6. The fourth-order valence-electron chi connectivity index (χ4n) is 3.57. The van der Waals surface area contributed by atoms with Gasteiger partial charge in [0, 0.05) is 5.41 Å². The van der Waals surface area contributed by atoms with E-state index in [0.29, 0.717) is 6.61 Å². The summed E-state index contributed by atoms with van der Waals surface area (Å²) in [5, 5.41) is 2.97. The van der Waals surface area contributed by atoms with Crippen LogP contribution in [0, 0.1) is 5.41 Å². The molecule has 112 valence electrons. The van der Waals surface area contributed by atoms with E-state index in [2.05, 4.69) is 61.6 Å². The van der Waals surface area contributed by atoms with E-state index >= 15 is 0 Å². The molecular weight excluding hydrogens is 274 g/mol. The summed E-state index contributed by atoms with van der Waals surface area (Å²) < 4.78 is 5.14. The molecule has 0 bridgehead atoms. The Hall–Kier alpha value is -2.29.